The van der Waals surface area contributed by atoms with Gasteiger partial charge in [-0.05, 0) is 17.7 Å². The molecule has 1 rings (SSSR count). The van der Waals surface area contributed by atoms with Crippen molar-refractivity contribution in [1.29, 1.82) is 0 Å². The second-order valence-corrected chi connectivity index (χ2v) is 3.61. The minimum Gasteiger partial charge on any atom is -0.398 e. The van der Waals surface area contributed by atoms with E-state index in [4.69, 9.17) is 17.3 Å². The summed E-state index contributed by atoms with van der Waals surface area (Å²) in [4.78, 5) is 0. The molecule has 0 aliphatic rings. The summed E-state index contributed by atoms with van der Waals surface area (Å²) >= 11 is 8.73. The number of hydrogen-bond donors (Lipinski definition) is 1. The van der Waals surface area contributed by atoms with Crippen molar-refractivity contribution < 1.29 is 13.2 Å². The molecule has 1 nitrogen and oxygen atoms in total. The molecule has 0 aliphatic heterocycles. The lowest BCUT2D eigenvalue weighted by atomic mass is 10.1. The Kier molecular flexibility index (Phi) is 3.32. The van der Waals surface area contributed by atoms with Gasteiger partial charge in [0.1, 0.15) is 0 Å². The Morgan fingerprint density at radius 1 is 1.36 bits per heavy atom. The molecule has 0 unspecified atom stereocenters. The quantitative estimate of drug-likeness (QED) is 0.617. The van der Waals surface area contributed by atoms with Crippen LogP contribution in [0.25, 0.3) is 0 Å². The van der Waals surface area contributed by atoms with E-state index < -0.39 is 11.7 Å². The molecule has 78 valence electrons. The van der Waals surface area contributed by atoms with E-state index in [1.165, 1.54) is 0 Å². The SMILES string of the molecule is Nc1cc(C(F)(F)F)cc(CBr)c1Cl. The van der Waals surface area contributed by atoms with Crippen LogP contribution in [-0.4, -0.2) is 0 Å². The number of rotatable bonds is 1. The van der Waals surface area contributed by atoms with Gasteiger partial charge in [0.25, 0.3) is 0 Å². The smallest absolute Gasteiger partial charge is 0.398 e. The zero-order valence-electron chi connectivity index (χ0n) is 6.83. The van der Waals surface area contributed by atoms with Gasteiger partial charge < -0.3 is 5.73 Å². The molecule has 0 bridgehead atoms. The van der Waals surface area contributed by atoms with E-state index in [1.54, 1.807) is 0 Å². The van der Waals surface area contributed by atoms with E-state index >= 15 is 0 Å². The van der Waals surface area contributed by atoms with E-state index in [1.807, 2.05) is 0 Å². The Morgan fingerprint density at radius 2 is 1.93 bits per heavy atom. The van der Waals surface area contributed by atoms with Crippen molar-refractivity contribution >= 4 is 33.2 Å². The van der Waals surface area contributed by atoms with E-state index in [9.17, 15) is 13.2 Å². The van der Waals surface area contributed by atoms with Gasteiger partial charge in [-0.25, -0.2) is 0 Å². The number of alkyl halides is 4. The van der Waals surface area contributed by atoms with Crippen LogP contribution in [0, 0.1) is 0 Å². The normalized spacial score (nSPS) is 11.8. The predicted octanol–water partition coefficient (Wildman–Crippen LogP) is 3.84. The number of anilines is 1. The summed E-state index contributed by atoms with van der Waals surface area (Å²) < 4.78 is 36.9. The molecule has 14 heavy (non-hydrogen) atoms. The topological polar surface area (TPSA) is 26.0 Å². The van der Waals surface area contributed by atoms with Crippen LogP contribution in [-0.2, 0) is 11.5 Å². The summed E-state index contributed by atoms with van der Waals surface area (Å²) in [5.74, 6) is 0. The third-order valence-corrected chi connectivity index (χ3v) is 2.71. The fourth-order valence-corrected chi connectivity index (χ4v) is 1.75. The maximum Gasteiger partial charge on any atom is 0.416 e. The van der Waals surface area contributed by atoms with Crippen LogP contribution in [0.3, 0.4) is 0 Å². The maximum atomic E-state index is 12.3. The average Bonchev–Trinajstić information content (AvgIpc) is 2.07. The molecule has 0 aliphatic carbocycles. The van der Waals surface area contributed by atoms with Gasteiger partial charge in [0, 0.05) is 5.33 Å². The molecular weight excluding hydrogens is 282 g/mol. The predicted molar refractivity (Wildman–Crippen MR) is 53.5 cm³/mol. The molecule has 0 spiro atoms. The van der Waals surface area contributed by atoms with Gasteiger partial charge in [0.15, 0.2) is 0 Å². The Hall–Kier alpha value is -0.420. The summed E-state index contributed by atoms with van der Waals surface area (Å²) in [6.45, 7) is 0. The summed E-state index contributed by atoms with van der Waals surface area (Å²) in [5.41, 5.74) is 4.83. The maximum absolute atomic E-state index is 12.3. The summed E-state index contributed by atoms with van der Waals surface area (Å²) in [6.07, 6.45) is -4.39. The van der Waals surface area contributed by atoms with Gasteiger partial charge in [0.05, 0.1) is 16.3 Å². The average molecular weight is 288 g/mol. The molecular formula is C8H6BrClF3N. The van der Waals surface area contributed by atoms with Crippen molar-refractivity contribution in [3.8, 4) is 0 Å². The van der Waals surface area contributed by atoms with Crippen molar-refractivity contribution in [3.63, 3.8) is 0 Å². The fourth-order valence-electron chi connectivity index (χ4n) is 0.970. The van der Waals surface area contributed by atoms with E-state index in [0.29, 0.717) is 5.56 Å². The van der Waals surface area contributed by atoms with Gasteiger partial charge in [-0.3, -0.25) is 0 Å². The molecule has 6 heteroatoms. The number of hydrogen-bond acceptors (Lipinski definition) is 1. The molecule has 2 N–H and O–H groups in total. The first-order valence-corrected chi connectivity index (χ1v) is 5.07. The van der Waals surface area contributed by atoms with Crippen molar-refractivity contribution in [2.45, 2.75) is 11.5 Å². The molecule has 0 saturated carbocycles. The molecule has 1 aromatic carbocycles. The van der Waals surface area contributed by atoms with Crippen LogP contribution in [0.1, 0.15) is 11.1 Å². The van der Waals surface area contributed by atoms with Crippen molar-refractivity contribution in [3.05, 3.63) is 28.3 Å². The summed E-state index contributed by atoms with van der Waals surface area (Å²) in [6, 6.07) is 1.81. The second-order valence-electron chi connectivity index (χ2n) is 2.67. The molecule has 0 atom stereocenters. The lowest BCUT2D eigenvalue weighted by molar-refractivity contribution is -0.137. The molecule has 0 saturated heterocycles. The lowest BCUT2D eigenvalue weighted by Crippen LogP contribution is -2.07. The first-order valence-electron chi connectivity index (χ1n) is 3.57. The van der Waals surface area contributed by atoms with Crippen molar-refractivity contribution in [2.75, 3.05) is 5.73 Å². The highest BCUT2D eigenvalue weighted by molar-refractivity contribution is 9.08. The van der Waals surface area contributed by atoms with Crippen LogP contribution in [0.2, 0.25) is 5.02 Å². The van der Waals surface area contributed by atoms with Crippen LogP contribution in [0.15, 0.2) is 12.1 Å². The van der Waals surface area contributed by atoms with Crippen LogP contribution in [0.5, 0.6) is 0 Å². The molecule has 0 heterocycles. The van der Waals surface area contributed by atoms with Gasteiger partial charge in [0.2, 0.25) is 0 Å². The molecule has 0 aromatic heterocycles. The van der Waals surface area contributed by atoms with Crippen LogP contribution >= 0.6 is 27.5 Å². The van der Waals surface area contributed by atoms with Gasteiger partial charge in [-0.2, -0.15) is 13.2 Å². The zero-order valence-corrected chi connectivity index (χ0v) is 9.17. The number of nitrogens with two attached hydrogens (primary N) is 1. The Balaban J connectivity index is 3.30. The molecule has 1 aromatic rings. The number of nitrogen functional groups attached to an aromatic ring is 1. The Morgan fingerprint density at radius 3 is 2.36 bits per heavy atom. The standard InChI is InChI=1S/C8H6BrClF3N/c9-3-4-1-5(8(11,12)13)2-6(14)7(4)10/h1-2H,3,14H2. The van der Waals surface area contributed by atoms with Crippen LogP contribution < -0.4 is 5.73 Å². The minimum absolute atomic E-state index is 0.0593. The summed E-state index contributed by atoms with van der Waals surface area (Å²) in [5, 5.41) is 0.398. The van der Waals surface area contributed by atoms with E-state index in [-0.39, 0.29) is 16.0 Å². The fraction of sp³-hybridized carbons (Fsp3) is 0.250. The molecule has 0 amide bonds. The highest BCUT2D eigenvalue weighted by Crippen LogP contribution is 2.35. The Labute approximate surface area is 92.2 Å². The van der Waals surface area contributed by atoms with Crippen molar-refractivity contribution in [2.24, 2.45) is 0 Å². The molecule has 0 fully saturated rings. The van der Waals surface area contributed by atoms with E-state index in [0.717, 1.165) is 12.1 Å². The first-order chi connectivity index (χ1) is 6.36. The monoisotopic (exact) mass is 287 g/mol. The van der Waals surface area contributed by atoms with Gasteiger partial charge in [-0.15, -0.1) is 0 Å². The highest BCUT2D eigenvalue weighted by atomic mass is 79.9. The minimum atomic E-state index is -4.39. The first kappa shape index (κ1) is 11.7. The highest BCUT2D eigenvalue weighted by Gasteiger charge is 2.31. The molecule has 0 radical (unpaired) electrons. The van der Waals surface area contributed by atoms with Gasteiger partial charge >= 0.3 is 6.18 Å². The number of halogens is 5. The second kappa shape index (κ2) is 3.98. The van der Waals surface area contributed by atoms with E-state index in [2.05, 4.69) is 15.9 Å². The van der Waals surface area contributed by atoms with Crippen LogP contribution in [0.4, 0.5) is 18.9 Å². The third kappa shape index (κ3) is 2.33. The van der Waals surface area contributed by atoms with Gasteiger partial charge in [-0.1, -0.05) is 27.5 Å². The van der Waals surface area contributed by atoms with Crippen molar-refractivity contribution in [1.82, 2.24) is 0 Å². The zero-order chi connectivity index (χ0) is 10.9. The Bertz CT molecular complexity index is 351. The summed E-state index contributed by atoms with van der Waals surface area (Å²) in [7, 11) is 0. The lowest BCUT2D eigenvalue weighted by Gasteiger charge is -2.11. The largest absolute Gasteiger partial charge is 0.416 e. The number of benzene rings is 1. The third-order valence-electron chi connectivity index (χ3n) is 1.65.